The van der Waals surface area contributed by atoms with Gasteiger partial charge in [-0.25, -0.2) is 9.97 Å². The fourth-order valence-electron chi connectivity index (χ4n) is 1.38. The van der Waals surface area contributed by atoms with Crippen molar-refractivity contribution in [3.63, 3.8) is 0 Å². The zero-order chi connectivity index (χ0) is 12.3. The van der Waals surface area contributed by atoms with Gasteiger partial charge in [-0.3, -0.25) is 0 Å². The number of nitrogens with one attached hydrogen (secondary N) is 1. The summed E-state index contributed by atoms with van der Waals surface area (Å²) < 4.78 is 5.45. The molecule has 0 aliphatic heterocycles. The quantitative estimate of drug-likeness (QED) is 0.640. The van der Waals surface area contributed by atoms with Gasteiger partial charge in [-0.05, 0) is 25.3 Å². The fraction of sp³-hybridized carbons (Fsp3) is 0.273. The molecule has 0 unspecified atom stereocenters. The van der Waals surface area contributed by atoms with Gasteiger partial charge in [-0.1, -0.05) is 11.8 Å². The Morgan fingerprint density at radius 2 is 2.24 bits per heavy atom. The van der Waals surface area contributed by atoms with Crippen molar-refractivity contribution in [2.24, 2.45) is 0 Å². The Morgan fingerprint density at radius 1 is 1.41 bits per heavy atom. The highest BCUT2D eigenvalue weighted by molar-refractivity contribution is 7.98. The summed E-state index contributed by atoms with van der Waals surface area (Å²) in [4.78, 5) is 8.37. The lowest BCUT2D eigenvalue weighted by atomic mass is 10.4. The lowest BCUT2D eigenvalue weighted by molar-refractivity contribution is 0.490. The predicted molar refractivity (Wildman–Crippen MR) is 69.0 cm³/mol. The van der Waals surface area contributed by atoms with Gasteiger partial charge in [0.2, 0.25) is 0 Å². The number of aryl methyl sites for hydroxylation is 1. The van der Waals surface area contributed by atoms with E-state index in [1.807, 2.05) is 25.3 Å². The molecule has 0 amide bonds. The first-order chi connectivity index (χ1) is 8.17. The molecule has 0 saturated carbocycles. The van der Waals surface area contributed by atoms with Crippen LogP contribution in [0.25, 0.3) is 0 Å². The predicted octanol–water partition coefficient (Wildman–Crippen LogP) is 2.29. The Hall–Kier alpha value is -1.69. The van der Waals surface area contributed by atoms with E-state index < -0.39 is 0 Å². The molecule has 0 aliphatic rings. The summed E-state index contributed by atoms with van der Waals surface area (Å²) in [6.07, 6.45) is 1.91. The van der Waals surface area contributed by atoms with Crippen LogP contribution in [0, 0.1) is 6.92 Å². The summed E-state index contributed by atoms with van der Waals surface area (Å²) in [5.41, 5.74) is 5.68. The standard InChI is InChI=1S/C11H14N4OS/c1-7-3-4-8(16-7)6-13-10-5-9(12)14-11(15-10)17-2/h3-5H,6H2,1-2H3,(H3,12,13,14,15). The summed E-state index contributed by atoms with van der Waals surface area (Å²) in [6, 6.07) is 5.57. The van der Waals surface area contributed by atoms with Crippen molar-refractivity contribution >= 4 is 23.4 Å². The largest absolute Gasteiger partial charge is 0.465 e. The van der Waals surface area contributed by atoms with Crippen LogP contribution in [0.1, 0.15) is 11.5 Å². The second-order valence-electron chi connectivity index (χ2n) is 3.53. The van der Waals surface area contributed by atoms with Gasteiger partial charge in [0.25, 0.3) is 0 Å². The Labute approximate surface area is 104 Å². The molecule has 2 aromatic rings. The van der Waals surface area contributed by atoms with Crippen LogP contribution in [0.15, 0.2) is 27.8 Å². The zero-order valence-electron chi connectivity index (χ0n) is 9.73. The minimum atomic E-state index is 0.461. The Morgan fingerprint density at radius 3 is 2.88 bits per heavy atom. The number of nitrogen functional groups attached to an aromatic ring is 1. The van der Waals surface area contributed by atoms with E-state index in [1.54, 1.807) is 6.07 Å². The van der Waals surface area contributed by atoms with E-state index in [0.29, 0.717) is 23.3 Å². The number of nitrogens with zero attached hydrogens (tertiary/aromatic N) is 2. The molecule has 0 spiro atoms. The second kappa shape index (κ2) is 5.09. The molecule has 0 fully saturated rings. The first-order valence-corrected chi connectivity index (χ1v) is 6.37. The summed E-state index contributed by atoms with van der Waals surface area (Å²) >= 11 is 1.46. The molecule has 0 aliphatic carbocycles. The van der Waals surface area contributed by atoms with Gasteiger partial charge in [0, 0.05) is 6.07 Å². The Bertz CT molecular complexity index is 512. The molecular weight excluding hydrogens is 236 g/mol. The van der Waals surface area contributed by atoms with Crippen LogP contribution in [0.2, 0.25) is 0 Å². The number of thioether (sulfide) groups is 1. The minimum Gasteiger partial charge on any atom is -0.465 e. The fourth-order valence-corrected chi connectivity index (χ4v) is 1.77. The molecule has 3 N–H and O–H groups in total. The SMILES string of the molecule is CSc1nc(N)cc(NCc2ccc(C)o2)n1. The first-order valence-electron chi connectivity index (χ1n) is 5.15. The van der Waals surface area contributed by atoms with Gasteiger partial charge in [0.1, 0.15) is 23.2 Å². The maximum Gasteiger partial charge on any atom is 0.191 e. The van der Waals surface area contributed by atoms with Crippen molar-refractivity contribution < 1.29 is 4.42 Å². The third kappa shape index (κ3) is 3.13. The van der Waals surface area contributed by atoms with Gasteiger partial charge in [-0.2, -0.15) is 0 Å². The van der Waals surface area contributed by atoms with E-state index in [1.165, 1.54) is 11.8 Å². The second-order valence-corrected chi connectivity index (χ2v) is 4.30. The number of aromatic nitrogens is 2. The average molecular weight is 250 g/mol. The minimum absolute atomic E-state index is 0.461. The maximum atomic E-state index is 5.68. The molecule has 2 heterocycles. The van der Waals surface area contributed by atoms with E-state index in [2.05, 4.69) is 15.3 Å². The highest BCUT2D eigenvalue weighted by Crippen LogP contribution is 2.16. The number of anilines is 2. The average Bonchev–Trinajstić information content (AvgIpc) is 2.72. The molecule has 0 aromatic carbocycles. The zero-order valence-corrected chi connectivity index (χ0v) is 10.5. The van der Waals surface area contributed by atoms with Gasteiger partial charge in [0.15, 0.2) is 5.16 Å². The normalized spacial score (nSPS) is 10.5. The van der Waals surface area contributed by atoms with E-state index in [4.69, 9.17) is 10.2 Å². The van der Waals surface area contributed by atoms with Crippen LogP contribution in [-0.4, -0.2) is 16.2 Å². The summed E-state index contributed by atoms with van der Waals surface area (Å²) in [5, 5.41) is 3.81. The highest BCUT2D eigenvalue weighted by Gasteiger charge is 2.03. The van der Waals surface area contributed by atoms with Gasteiger partial charge < -0.3 is 15.5 Å². The third-order valence-corrected chi connectivity index (χ3v) is 2.70. The van der Waals surface area contributed by atoms with Crippen LogP contribution in [0.4, 0.5) is 11.6 Å². The molecule has 0 radical (unpaired) electrons. The maximum absolute atomic E-state index is 5.68. The molecule has 2 rings (SSSR count). The van der Waals surface area contributed by atoms with Crippen LogP contribution in [0.5, 0.6) is 0 Å². The number of rotatable bonds is 4. The van der Waals surface area contributed by atoms with Gasteiger partial charge in [-0.15, -0.1) is 0 Å². The van der Waals surface area contributed by atoms with E-state index >= 15 is 0 Å². The number of hydrogen-bond donors (Lipinski definition) is 2. The molecule has 17 heavy (non-hydrogen) atoms. The highest BCUT2D eigenvalue weighted by atomic mass is 32.2. The van der Waals surface area contributed by atoms with E-state index in [-0.39, 0.29) is 0 Å². The first kappa shape index (κ1) is 11.8. The van der Waals surface area contributed by atoms with Crippen LogP contribution in [0.3, 0.4) is 0 Å². The van der Waals surface area contributed by atoms with Crippen molar-refractivity contribution in [3.05, 3.63) is 29.7 Å². The van der Waals surface area contributed by atoms with Gasteiger partial charge in [0.05, 0.1) is 6.54 Å². The number of hydrogen-bond acceptors (Lipinski definition) is 6. The topological polar surface area (TPSA) is 77.0 Å². The Balaban J connectivity index is 2.05. The summed E-state index contributed by atoms with van der Waals surface area (Å²) in [5.74, 6) is 2.93. The molecular formula is C11H14N4OS. The van der Waals surface area contributed by atoms with Crippen molar-refractivity contribution in [1.29, 1.82) is 0 Å². The van der Waals surface area contributed by atoms with Crippen molar-refractivity contribution in [2.75, 3.05) is 17.3 Å². The van der Waals surface area contributed by atoms with Crippen LogP contribution < -0.4 is 11.1 Å². The lowest BCUT2D eigenvalue weighted by Gasteiger charge is -2.05. The van der Waals surface area contributed by atoms with Crippen molar-refractivity contribution in [3.8, 4) is 0 Å². The van der Waals surface area contributed by atoms with E-state index in [9.17, 15) is 0 Å². The smallest absolute Gasteiger partial charge is 0.191 e. The van der Waals surface area contributed by atoms with Crippen LogP contribution >= 0.6 is 11.8 Å². The molecule has 90 valence electrons. The van der Waals surface area contributed by atoms with Crippen molar-refractivity contribution in [2.45, 2.75) is 18.6 Å². The summed E-state index contributed by atoms with van der Waals surface area (Å²) in [6.45, 7) is 2.50. The van der Waals surface area contributed by atoms with E-state index in [0.717, 1.165) is 11.5 Å². The molecule has 6 heteroatoms. The summed E-state index contributed by atoms with van der Waals surface area (Å²) in [7, 11) is 0. The Kier molecular flexibility index (Phi) is 3.53. The lowest BCUT2D eigenvalue weighted by Crippen LogP contribution is -2.03. The van der Waals surface area contributed by atoms with Crippen molar-refractivity contribution in [1.82, 2.24) is 9.97 Å². The molecule has 5 nitrogen and oxygen atoms in total. The monoisotopic (exact) mass is 250 g/mol. The number of nitrogens with two attached hydrogens (primary N) is 1. The molecule has 0 saturated heterocycles. The number of furan rings is 1. The molecule has 0 bridgehead atoms. The van der Waals surface area contributed by atoms with Gasteiger partial charge >= 0.3 is 0 Å². The molecule has 2 aromatic heterocycles. The third-order valence-electron chi connectivity index (χ3n) is 2.15. The van der Waals surface area contributed by atoms with Crippen LogP contribution in [-0.2, 0) is 6.54 Å². The molecule has 0 atom stereocenters.